The molecule has 0 aromatic carbocycles. The average Bonchev–Trinajstić information content (AvgIpc) is 3.11. The summed E-state index contributed by atoms with van der Waals surface area (Å²) in [7, 11) is 0. The molecule has 1 unspecified atom stereocenters. The van der Waals surface area contributed by atoms with Gasteiger partial charge in [0, 0.05) is 13.0 Å². The molecular formula is C45H82O4. The third kappa shape index (κ3) is 40.7. The predicted molar refractivity (Wildman–Crippen MR) is 214 cm³/mol. The second-order valence-corrected chi connectivity index (χ2v) is 14.0. The molecular weight excluding hydrogens is 604 g/mol. The summed E-state index contributed by atoms with van der Waals surface area (Å²) >= 11 is 0. The highest BCUT2D eigenvalue weighted by Gasteiger charge is 2.13. The van der Waals surface area contributed by atoms with E-state index in [0.717, 1.165) is 44.9 Å². The van der Waals surface area contributed by atoms with Crippen molar-refractivity contribution in [1.29, 1.82) is 0 Å². The summed E-state index contributed by atoms with van der Waals surface area (Å²) in [6.45, 7) is 5.25. The summed E-state index contributed by atoms with van der Waals surface area (Å²) < 4.78 is 11.2. The molecule has 0 saturated heterocycles. The van der Waals surface area contributed by atoms with Gasteiger partial charge in [0.25, 0.3) is 0 Å². The Morgan fingerprint density at radius 2 is 0.918 bits per heavy atom. The van der Waals surface area contributed by atoms with E-state index in [0.29, 0.717) is 19.6 Å². The summed E-state index contributed by atoms with van der Waals surface area (Å²) in [6.07, 6.45) is 54.5. The molecule has 1 atom stereocenters. The minimum atomic E-state index is -0.537. The number of aliphatic hydroxyl groups excluding tert-OH is 1. The summed E-state index contributed by atoms with van der Waals surface area (Å²) in [5.41, 5.74) is 0. The SMILES string of the molecule is CC/C=C\C/C=C\C/C=C\C/C=C\CCCCCCCCCCC(=O)OC(CO)COCCCCCCCCCCCCCCCCCC. The number of hydrogen-bond donors (Lipinski definition) is 1. The van der Waals surface area contributed by atoms with Crippen LogP contribution in [0.1, 0.15) is 206 Å². The van der Waals surface area contributed by atoms with Gasteiger partial charge in [0.05, 0.1) is 13.2 Å². The number of ether oxygens (including phenoxy) is 2. The fourth-order valence-electron chi connectivity index (χ4n) is 6.03. The van der Waals surface area contributed by atoms with Crippen LogP contribution in [0.15, 0.2) is 48.6 Å². The smallest absolute Gasteiger partial charge is 0.306 e. The first-order valence-corrected chi connectivity index (χ1v) is 21.2. The summed E-state index contributed by atoms with van der Waals surface area (Å²) in [6, 6.07) is 0. The first kappa shape index (κ1) is 47.4. The van der Waals surface area contributed by atoms with Crippen LogP contribution in [0.5, 0.6) is 0 Å². The van der Waals surface area contributed by atoms with Gasteiger partial charge in [-0.2, -0.15) is 0 Å². The lowest BCUT2D eigenvalue weighted by Crippen LogP contribution is -2.27. The van der Waals surface area contributed by atoms with Gasteiger partial charge in [-0.15, -0.1) is 0 Å². The average molecular weight is 687 g/mol. The second-order valence-electron chi connectivity index (χ2n) is 14.0. The van der Waals surface area contributed by atoms with Gasteiger partial charge in [0.15, 0.2) is 0 Å². The zero-order valence-corrected chi connectivity index (χ0v) is 32.7. The fraction of sp³-hybridized carbons (Fsp3) is 0.800. The highest BCUT2D eigenvalue weighted by atomic mass is 16.6. The molecule has 0 heterocycles. The van der Waals surface area contributed by atoms with Crippen molar-refractivity contribution in [3.05, 3.63) is 48.6 Å². The highest BCUT2D eigenvalue weighted by molar-refractivity contribution is 5.69. The maximum Gasteiger partial charge on any atom is 0.306 e. The molecule has 0 aromatic heterocycles. The fourth-order valence-corrected chi connectivity index (χ4v) is 6.03. The number of unbranched alkanes of at least 4 members (excludes halogenated alkanes) is 23. The molecule has 0 rings (SSSR count). The van der Waals surface area contributed by atoms with Crippen molar-refractivity contribution in [2.24, 2.45) is 0 Å². The Kier molecular flexibility index (Phi) is 41.1. The lowest BCUT2D eigenvalue weighted by Gasteiger charge is -2.16. The highest BCUT2D eigenvalue weighted by Crippen LogP contribution is 2.14. The van der Waals surface area contributed by atoms with Crippen molar-refractivity contribution < 1.29 is 19.4 Å². The van der Waals surface area contributed by atoms with Crippen molar-refractivity contribution in [2.45, 2.75) is 213 Å². The van der Waals surface area contributed by atoms with Crippen molar-refractivity contribution in [3.8, 4) is 0 Å². The Morgan fingerprint density at radius 3 is 1.39 bits per heavy atom. The van der Waals surface area contributed by atoms with E-state index >= 15 is 0 Å². The van der Waals surface area contributed by atoms with Gasteiger partial charge in [-0.3, -0.25) is 4.79 Å². The third-order valence-electron chi connectivity index (χ3n) is 9.17. The Hall–Kier alpha value is -1.65. The van der Waals surface area contributed by atoms with Crippen LogP contribution < -0.4 is 0 Å². The van der Waals surface area contributed by atoms with Crippen LogP contribution >= 0.6 is 0 Å². The Balaban J connectivity index is 3.44. The molecule has 0 aliphatic heterocycles. The Labute approximate surface area is 305 Å². The molecule has 286 valence electrons. The van der Waals surface area contributed by atoms with E-state index < -0.39 is 6.10 Å². The largest absolute Gasteiger partial charge is 0.457 e. The van der Waals surface area contributed by atoms with Crippen LogP contribution in [-0.2, 0) is 14.3 Å². The number of carbonyl (C=O) groups is 1. The monoisotopic (exact) mass is 687 g/mol. The molecule has 0 saturated carbocycles. The Bertz CT molecular complexity index is 768. The number of esters is 1. The lowest BCUT2D eigenvalue weighted by molar-refractivity contribution is -0.154. The molecule has 0 spiro atoms. The molecule has 0 aliphatic carbocycles. The quantitative estimate of drug-likeness (QED) is 0.0397. The minimum absolute atomic E-state index is 0.174. The van der Waals surface area contributed by atoms with Crippen molar-refractivity contribution >= 4 is 5.97 Å². The number of carbonyl (C=O) groups excluding carboxylic acids is 1. The standard InChI is InChI=1S/C45H82O4/c1-3-5-7-9-11-13-15-17-19-21-22-23-24-25-26-28-30-32-34-36-38-40-45(47)49-44(42-46)43-48-41-39-37-35-33-31-29-27-20-18-16-14-12-10-8-6-4-2/h5,7,11,13,17,19,22-23,44,46H,3-4,6,8-10,12,14-16,18,20-21,24-43H2,1-2H3/b7-5-,13-11-,19-17-,23-22-. The minimum Gasteiger partial charge on any atom is -0.457 e. The molecule has 0 bridgehead atoms. The number of allylic oxidation sites excluding steroid dienone is 8. The lowest BCUT2D eigenvalue weighted by atomic mass is 10.0. The van der Waals surface area contributed by atoms with Gasteiger partial charge in [-0.1, -0.05) is 197 Å². The van der Waals surface area contributed by atoms with Crippen LogP contribution in [0.2, 0.25) is 0 Å². The maximum atomic E-state index is 12.2. The zero-order valence-electron chi connectivity index (χ0n) is 32.7. The molecule has 0 radical (unpaired) electrons. The molecule has 0 fully saturated rings. The molecule has 49 heavy (non-hydrogen) atoms. The van der Waals surface area contributed by atoms with E-state index in [9.17, 15) is 9.90 Å². The van der Waals surface area contributed by atoms with E-state index in [1.165, 1.54) is 141 Å². The molecule has 1 N–H and O–H groups in total. The third-order valence-corrected chi connectivity index (χ3v) is 9.17. The van der Waals surface area contributed by atoms with Gasteiger partial charge in [0.2, 0.25) is 0 Å². The zero-order chi connectivity index (χ0) is 35.6. The maximum absolute atomic E-state index is 12.2. The summed E-state index contributed by atoms with van der Waals surface area (Å²) in [4.78, 5) is 12.2. The first-order valence-electron chi connectivity index (χ1n) is 21.2. The van der Waals surface area contributed by atoms with Crippen LogP contribution in [-0.4, -0.2) is 37.0 Å². The number of rotatable bonds is 39. The summed E-state index contributed by atoms with van der Waals surface area (Å²) in [5, 5.41) is 9.60. The van der Waals surface area contributed by atoms with Gasteiger partial charge < -0.3 is 14.6 Å². The van der Waals surface area contributed by atoms with Crippen LogP contribution in [0.25, 0.3) is 0 Å². The molecule has 0 amide bonds. The Morgan fingerprint density at radius 1 is 0.510 bits per heavy atom. The normalized spacial score (nSPS) is 12.8. The van der Waals surface area contributed by atoms with E-state index in [2.05, 4.69) is 62.5 Å². The predicted octanol–water partition coefficient (Wildman–Crippen LogP) is 13.9. The van der Waals surface area contributed by atoms with Gasteiger partial charge >= 0.3 is 5.97 Å². The van der Waals surface area contributed by atoms with Crippen molar-refractivity contribution in [3.63, 3.8) is 0 Å². The molecule has 0 aliphatic rings. The second kappa shape index (κ2) is 42.5. The molecule has 4 nitrogen and oxygen atoms in total. The van der Waals surface area contributed by atoms with Crippen LogP contribution in [0.4, 0.5) is 0 Å². The van der Waals surface area contributed by atoms with Gasteiger partial charge in [0.1, 0.15) is 6.10 Å². The van der Waals surface area contributed by atoms with Crippen LogP contribution in [0, 0.1) is 0 Å². The van der Waals surface area contributed by atoms with E-state index in [1.807, 2.05) is 0 Å². The van der Waals surface area contributed by atoms with Crippen molar-refractivity contribution in [1.82, 2.24) is 0 Å². The van der Waals surface area contributed by atoms with Crippen molar-refractivity contribution in [2.75, 3.05) is 19.8 Å². The number of aliphatic hydroxyl groups is 1. The molecule has 0 aromatic rings. The molecule has 4 heteroatoms. The van der Waals surface area contributed by atoms with Gasteiger partial charge in [-0.25, -0.2) is 0 Å². The number of hydrogen-bond acceptors (Lipinski definition) is 4. The van der Waals surface area contributed by atoms with E-state index in [4.69, 9.17) is 9.47 Å². The van der Waals surface area contributed by atoms with Gasteiger partial charge in [-0.05, 0) is 51.4 Å². The van der Waals surface area contributed by atoms with E-state index in [-0.39, 0.29) is 12.6 Å². The van der Waals surface area contributed by atoms with E-state index in [1.54, 1.807) is 0 Å². The first-order chi connectivity index (χ1) is 24.2. The summed E-state index contributed by atoms with van der Waals surface area (Å²) in [5.74, 6) is -0.207. The van der Waals surface area contributed by atoms with Crippen LogP contribution in [0.3, 0.4) is 0 Å². The topological polar surface area (TPSA) is 55.8 Å².